The molecule has 0 aliphatic carbocycles. The van der Waals surface area contributed by atoms with Crippen molar-refractivity contribution in [3.05, 3.63) is 77.4 Å². The average molecular weight is 278 g/mol. The van der Waals surface area contributed by atoms with Gasteiger partial charge in [0.05, 0.1) is 7.11 Å². The normalized spacial score (nSPS) is 11.1. The molecule has 0 saturated carbocycles. The van der Waals surface area contributed by atoms with Gasteiger partial charge in [-0.3, -0.25) is 4.79 Å². The summed E-state index contributed by atoms with van der Waals surface area (Å²) in [7, 11) is 1.62. The Labute approximate surface area is 125 Å². The molecular weight excluding hydrogens is 260 g/mol. The van der Waals surface area contributed by atoms with Crippen molar-refractivity contribution in [1.82, 2.24) is 0 Å². The Morgan fingerprint density at radius 3 is 2.14 bits per heavy atom. The molecular formula is C19H18O2. The van der Waals surface area contributed by atoms with Crippen LogP contribution in [0.1, 0.15) is 16.7 Å². The zero-order valence-corrected chi connectivity index (χ0v) is 12.2. The number of allylic oxidation sites excluding steroid dienone is 2. The number of carbonyl (C=O) groups is 1. The fourth-order valence-corrected chi connectivity index (χ4v) is 1.98. The maximum absolute atomic E-state index is 11.9. The van der Waals surface area contributed by atoms with Crippen molar-refractivity contribution in [3.8, 4) is 5.75 Å². The number of hydrogen-bond donors (Lipinski definition) is 0. The molecule has 2 heteroatoms. The Bertz CT molecular complexity index is 681. The zero-order valence-electron chi connectivity index (χ0n) is 12.2. The Morgan fingerprint density at radius 1 is 0.905 bits per heavy atom. The van der Waals surface area contributed by atoms with E-state index in [9.17, 15) is 4.79 Å². The van der Waals surface area contributed by atoms with Crippen LogP contribution in [0.4, 0.5) is 0 Å². The monoisotopic (exact) mass is 278 g/mol. The van der Waals surface area contributed by atoms with E-state index in [4.69, 9.17) is 4.74 Å². The SMILES string of the molecule is COc1ccccc1/C=C/C(=O)/C=C/c1ccccc1C. The van der Waals surface area contributed by atoms with Crippen molar-refractivity contribution in [2.75, 3.05) is 7.11 Å². The number of para-hydroxylation sites is 1. The van der Waals surface area contributed by atoms with E-state index in [0.717, 1.165) is 22.4 Å². The van der Waals surface area contributed by atoms with Gasteiger partial charge in [-0.05, 0) is 42.3 Å². The molecule has 0 saturated heterocycles. The molecule has 0 atom stereocenters. The summed E-state index contributed by atoms with van der Waals surface area (Å²) < 4.78 is 5.24. The van der Waals surface area contributed by atoms with Crippen LogP contribution >= 0.6 is 0 Å². The number of benzene rings is 2. The number of aryl methyl sites for hydroxylation is 1. The summed E-state index contributed by atoms with van der Waals surface area (Å²) in [5, 5.41) is 0. The second kappa shape index (κ2) is 7.25. The molecule has 0 aromatic heterocycles. The zero-order chi connectivity index (χ0) is 15.1. The highest BCUT2D eigenvalue weighted by atomic mass is 16.5. The number of carbonyl (C=O) groups excluding carboxylic acids is 1. The predicted octanol–water partition coefficient (Wildman–Crippen LogP) is 4.30. The molecule has 21 heavy (non-hydrogen) atoms. The van der Waals surface area contributed by atoms with Gasteiger partial charge in [0.25, 0.3) is 0 Å². The van der Waals surface area contributed by atoms with Gasteiger partial charge in [-0.25, -0.2) is 0 Å². The van der Waals surface area contributed by atoms with Crippen LogP contribution in [-0.2, 0) is 4.79 Å². The van der Waals surface area contributed by atoms with E-state index in [1.165, 1.54) is 0 Å². The molecule has 2 aromatic carbocycles. The largest absolute Gasteiger partial charge is 0.496 e. The molecule has 106 valence electrons. The highest BCUT2D eigenvalue weighted by Crippen LogP contribution is 2.18. The third kappa shape index (κ3) is 4.18. The van der Waals surface area contributed by atoms with Crippen molar-refractivity contribution in [1.29, 1.82) is 0 Å². The van der Waals surface area contributed by atoms with E-state index in [1.807, 2.05) is 61.5 Å². The van der Waals surface area contributed by atoms with Gasteiger partial charge in [-0.2, -0.15) is 0 Å². The van der Waals surface area contributed by atoms with Crippen LogP contribution in [0.15, 0.2) is 60.7 Å². The van der Waals surface area contributed by atoms with Gasteiger partial charge in [0.1, 0.15) is 5.75 Å². The maximum atomic E-state index is 11.9. The summed E-state index contributed by atoms with van der Waals surface area (Å²) in [5.41, 5.74) is 3.09. The van der Waals surface area contributed by atoms with Crippen LogP contribution in [0.25, 0.3) is 12.2 Å². The summed E-state index contributed by atoms with van der Waals surface area (Å²) in [6.45, 7) is 2.02. The van der Waals surface area contributed by atoms with Crippen LogP contribution in [-0.4, -0.2) is 12.9 Å². The van der Waals surface area contributed by atoms with Crippen LogP contribution in [0, 0.1) is 6.92 Å². The summed E-state index contributed by atoms with van der Waals surface area (Å²) in [6, 6.07) is 15.5. The van der Waals surface area contributed by atoms with Gasteiger partial charge < -0.3 is 4.74 Å². The molecule has 0 heterocycles. The Hall–Kier alpha value is -2.61. The summed E-state index contributed by atoms with van der Waals surface area (Å²) in [4.78, 5) is 11.9. The van der Waals surface area contributed by atoms with Gasteiger partial charge in [0, 0.05) is 5.56 Å². The van der Waals surface area contributed by atoms with Crippen molar-refractivity contribution in [3.63, 3.8) is 0 Å². The molecule has 0 aliphatic heterocycles. The second-order valence-electron chi connectivity index (χ2n) is 4.67. The minimum absolute atomic E-state index is 0.0517. The highest BCUT2D eigenvalue weighted by molar-refractivity contribution is 6.04. The van der Waals surface area contributed by atoms with E-state index in [0.29, 0.717) is 0 Å². The smallest absolute Gasteiger partial charge is 0.178 e. The lowest BCUT2D eigenvalue weighted by Gasteiger charge is -2.02. The van der Waals surface area contributed by atoms with Gasteiger partial charge in [-0.1, -0.05) is 48.5 Å². The van der Waals surface area contributed by atoms with Gasteiger partial charge in [-0.15, -0.1) is 0 Å². The first-order valence-electron chi connectivity index (χ1n) is 6.79. The van der Waals surface area contributed by atoms with Crippen molar-refractivity contribution in [2.24, 2.45) is 0 Å². The Balaban J connectivity index is 2.08. The fraction of sp³-hybridized carbons (Fsp3) is 0.105. The summed E-state index contributed by atoms with van der Waals surface area (Å²) in [6.07, 6.45) is 6.73. The number of ether oxygens (including phenoxy) is 1. The van der Waals surface area contributed by atoms with E-state index < -0.39 is 0 Å². The molecule has 0 fully saturated rings. The topological polar surface area (TPSA) is 26.3 Å². The van der Waals surface area contributed by atoms with E-state index in [1.54, 1.807) is 25.3 Å². The standard InChI is InChI=1S/C19H18O2/c1-15-7-3-4-8-16(15)11-13-18(20)14-12-17-9-5-6-10-19(17)21-2/h3-14H,1-2H3/b13-11+,14-12+. The lowest BCUT2D eigenvalue weighted by molar-refractivity contribution is -0.110. The highest BCUT2D eigenvalue weighted by Gasteiger charge is 1.98. The molecule has 0 unspecified atom stereocenters. The first kappa shape index (κ1) is 14.8. The average Bonchev–Trinajstić information content (AvgIpc) is 2.52. The first-order valence-corrected chi connectivity index (χ1v) is 6.79. The van der Waals surface area contributed by atoms with Crippen LogP contribution in [0.2, 0.25) is 0 Å². The van der Waals surface area contributed by atoms with Crippen molar-refractivity contribution in [2.45, 2.75) is 6.92 Å². The van der Waals surface area contributed by atoms with Gasteiger partial charge in [0.15, 0.2) is 5.78 Å². The number of rotatable bonds is 5. The number of methoxy groups -OCH3 is 1. The summed E-state index contributed by atoms with van der Waals surface area (Å²) in [5.74, 6) is 0.702. The van der Waals surface area contributed by atoms with Crippen molar-refractivity contribution >= 4 is 17.9 Å². The number of hydrogen-bond acceptors (Lipinski definition) is 2. The molecule has 0 aliphatic rings. The van der Waals surface area contributed by atoms with Crippen LogP contribution in [0.5, 0.6) is 5.75 Å². The molecule has 0 spiro atoms. The molecule has 0 N–H and O–H groups in total. The minimum Gasteiger partial charge on any atom is -0.496 e. The maximum Gasteiger partial charge on any atom is 0.178 e. The molecule has 2 nitrogen and oxygen atoms in total. The second-order valence-corrected chi connectivity index (χ2v) is 4.67. The summed E-state index contributed by atoms with van der Waals surface area (Å²) >= 11 is 0. The Morgan fingerprint density at radius 2 is 1.48 bits per heavy atom. The Kier molecular flexibility index (Phi) is 5.10. The first-order chi connectivity index (χ1) is 10.2. The van der Waals surface area contributed by atoms with E-state index >= 15 is 0 Å². The number of ketones is 1. The third-order valence-electron chi connectivity index (χ3n) is 3.18. The van der Waals surface area contributed by atoms with Gasteiger partial charge >= 0.3 is 0 Å². The van der Waals surface area contributed by atoms with Crippen LogP contribution in [0.3, 0.4) is 0 Å². The lowest BCUT2D eigenvalue weighted by atomic mass is 10.1. The van der Waals surface area contributed by atoms with Crippen molar-refractivity contribution < 1.29 is 9.53 Å². The van der Waals surface area contributed by atoms with Gasteiger partial charge in [0.2, 0.25) is 0 Å². The third-order valence-corrected chi connectivity index (χ3v) is 3.18. The minimum atomic E-state index is -0.0517. The predicted molar refractivity (Wildman–Crippen MR) is 87.2 cm³/mol. The molecule has 2 rings (SSSR count). The van der Waals surface area contributed by atoms with E-state index in [-0.39, 0.29) is 5.78 Å². The molecule has 0 radical (unpaired) electrons. The molecule has 0 bridgehead atoms. The quantitative estimate of drug-likeness (QED) is 0.762. The molecule has 2 aromatic rings. The van der Waals surface area contributed by atoms with E-state index in [2.05, 4.69) is 0 Å². The molecule has 0 amide bonds. The lowest BCUT2D eigenvalue weighted by Crippen LogP contribution is -1.88. The van der Waals surface area contributed by atoms with Crippen LogP contribution < -0.4 is 4.74 Å². The fourth-order valence-electron chi connectivity index (χ4n) is 1.98.